The number of hydrogen-bond acceptors (Lipinski definition) is 4. The first-order valence-corrected chi connectivity index (χ1v) is 12.6. The molecule has 1 saturated carbocycles. The van der Waals surface area contributed by atoms with E-state index in [4.69, 9.17) is 4.74 Å². The lowest BCUT2D eigenvalue weighted by atomic mass is 9.87. The number of anilines is 1. The number of rotatable bonds is 7. The summed E-state index contributed by atoms with van der Waals surface area (Å²) >= 11 is 0. The summed E-state index contributed by atoms with van der Waals surface area (Å²) in [6.45, 7) is 5.79. The molecule has 1 fully saturated rings. The van der Waals surface area contributed by atoms with Gasteiger partial charge in [-0.2, -0.15) is 0 Å². The van der Waals surface area contributed by atoms with Gasteiger partial charge in [-0.1, -0.05) is 25.6 Å². The molecule has 4 aromatic rings. The SMILES string of the molecule is C=COc1ccc(NC(=O)c2ccc(-c3nc4ccc(C(=O)NC5CCC(C)CC5)cc4[nH]3)cc2)cc1. The first kappa shape index (κ1) is 24.3. The number of aromatic amines is 1. The zero-order chi connectivity index (χ0) is 25.8. The highest BCUT2D eigenvalue weighted by Gasteiger charge is 2.20. The van der Waals surface area contributed by atoms with Crippen LogP contribution in [0.4, 0.5) is 5.69 Å². The van der Waals surface area contributed by atoms with E-state index in [2.05, 4.69) is 34.1 Å². The van der Waals surface area contributed by atoms with Gasteiger partial charge in [0.1, 0.15) is 11.6 Å². The Balaban J connectivity index is 1.25. The van der Waals surface area contributed by atoms with Gasteiger partial charge >= 0.3 is 0 Å². The molecule has 1 aliphatic rings. The molecule has 0 bridgehead atoms. The molecule has 188 valence electrons. The predicted molar refractivity (Wildman–Crippen MR) is 146 cm³/mol. The Morgan fingerprint density at radius 3 is 2.35 bits per heavy atom. The molecule has 0 saturated heterocycles. The van der Waals surface area contributed by atoms with E-state index in [1.807, 2.05) is 30.3 Å². The third-order valence-electron chi connectivity index (χ3n) is 6.85. The Labute approximate surface area is 216 Å². The number of amides is 2. The van der Waals surface area contributed by atoms with E-state index in [0.717, 1.165) is 48.2 Å². The van der Waals surface area contributed by atoms with Gasteiger partial charge in [-0.15, -0.1) is 0 Å². The van der Waals surface area contributed by atoms with Gasteiger partial charge in [-0.25, -0.2) is 4.98 Å². The van der Waals surface area contributed by atoms with E-state index < -0.39 is 0 Å². The quantitative estimate of drug-likeness (QED) is 0.262. The average Bonchev–Trinajstić information content (AvgIpc) is 3.35. The third-order valence-corrected chi connectivity index (χ3v) is 6.85. The van der Waals surface area contributed by atoms with Crippen LogP contribution < -0.4 is 15.4 Å². The molecule has 1 aliphatic carbocycles. The van der Waals surface area contributed by atoms with E-state index in [1.165, 1.54) is 6.26 Å². The van der Waals surface area contributed by atoms with Gasteiger partial charge in [-0.3, -0.25) is 9.59 Å². The fourth-order valence-electron chi connectivity index (χ4n) is 4.66. The van der Waals surface area contributed by atoms with Crippen LogP contribution in [0, 0.1) is 5.92 Å². The Morgan fingerprint density at radius 2 is 1.65 bits per heavy atom. The number of carbonyl (C=O) groups is 2. The minimum Gasteiger partial charge on any atom is -0.466 e. The van der Waals surface area contributed by atoms with Crippen molar-refractivity contribution < 1.29 is 14.3 Å². The summed E-state index contributed by atoms with van der Waals surface area (Å²) in [6, 6.07) is 20.0. The monoisotopic (exact) mass is 494 g/mol. The summed E-state index contributed by atoms with van der Waals surface area (Å²) in [7, 11) is 0. The lowest BCUT2D eigenvalue weighted by Gasteiger charge is -2.26. The summed E-state index contributed by atoms with van der Waals surface area (Å²) in [5.74, 6) is 1.81. The minimum absolute atomic E-state index is 0.0455. The number of hydrogen-bond donors (Lipinski definition) is 3. The van der Waals surface area contributed by atoms with Gasteiger partial charge in [0.2, 0.25) is 0 Å². The van der Waals surface area contributed by atoms with Gasteiger partial charge in [0.15, 0.2) is 0 Å². The number of imidazole rings is 1. The standard InChI is InChI=1S/C30H30N4O3/c1-3-37-25-15-13-24(14-16-25)31-29(35)21-8-6-20(7-9-21)28-33-26-17-10-22(18-27(26)34-28)30(36)32-23-11-4-19(2)5-12-23/h3,6-10,13-19,23H,1,4-5,11-12H2,2H3,(H,31,35)(H,32,36)(H,33,34). The summed E-state index contributed by atoms with van der Waals surface area (Å²) in [5.41, 5.74) is 4.25. The molecule has 1 heterocycles. The lowest BCUT2D eigenvalue weighted by Crippen LogP contribution is -2.37. The molecule has 3 N–H and O–H groups in total. The van der Waals surface area contributed by atoms with Crippen LogP contribution in [0.3, 0.4) is 0 Å². The van der Waals surface area contributed by atoms with E-state index >= 15 is 0 Å². The first-order chi connectivity index (χ1) is 18.0. The Bertz CT molecular complexity index is 1420. The van der Waals surface area contributed by atoms with Crippen molar-refractivity contribution in [3.05, 3.63) is 90.7 Å². The molecule has 0 aliphatic heterocycles. The molecular formula is C30H30N4O3. The molecule has 0 radical (unpaired) electrons. The number of aromatic nitrogens is 2. The van der Waals surface area contributed by atoms with E-state index in [0.29, 0.717) is 28.4 Å². The highest BCUT2D eigenvalue weighted by atomic mass is 16.5. The maximum Gasteiger partial charge on any atom is 0.255 e. The number of ether oxygens (including phenoxy) is 1. The van der Waals surface area contributed by atoms with Gasteiger partial charge in [-0.05, 0) is 86.2 Å². The molecule has 37 heavy (non-hydrogen) atoms. The van der Waals surface area contributed by atoms with Gasteiger partial charge in [0, 0.05) is 28.4 Å². The van der Waals surface area contributed by atoms with Gasteiger partial charge < -0.3 is 20.4 Å². The Kier molecular flexibility index (Phi) is 7.03. The summed E-state index contributed by atoms with van der Waals surface area (Å²) in [5, 5.41) is 6.05. The van der Waals surface area contributed by atoms with E-state index in [-0.39, 0.29) is 17.9 Å². The molecule has 0 unspecified atom stereocenters. The first-order valence-electron chi connectivity index (χ1n) is 12.6. The van der Waals surface area contributed by atoms with Crippen molar-refractivity contribution in [1.29, 1.82) is 0 Å². The number of benzene rings is 3. The smallest absolute Gasteiger partial charge is 0.255 e. The number of carbonyl (C=O) groups excluding carboxylic acids is 2. The molecular weight excluding hydrogens is 464 g/mol. The van der Waals surface area contributed by atoms with Crippen LogP contribution in [0.2, 0.25) is 0 Å². The molecule has 0 spiro atoms. The van der Waals surface area contributed by atoms with Crippen LogP contribution in [0.15, 0.2) is 79.6 Å². The van der Waals surface area contributed by atoms with Crippen LogP contribution in [-0.2, 0) is 0 Å². The van der Waals surface area contributed by atoms with Crippen molar-refractivity contribution in [3.8, 4) is 17.1 Å². The van der Waals surface area contributed by atoms with Crippen molar-refractivity contribution >= 4 is 28.5 Å². The summed E-state index contributed by atoms with van der Waals surface area (Å²) < 4.78 is 5.20. The highest BCUT2D eigenvalue weighted by molar-refractivity contribution is 6.04. The molecule has 2 amide bonds. The number of nitrogens with zero attached hydrogens (tertiary/aromatic N) is 1. The molecule has 7 nitrogen and oxygen atoms in total. The second kappa shape index (κ2) is 10.7. The third kappa shape index (κ3) is 5.72. The van der Waals surface area contributed by atoms with Crippen LogP contribution in [0.5, 0.6) is 5.75 Å². The second-order valence-electron chi connectivity index (χ2n) is 9.59. The van der Waals surface area contributed by atoms with Crippen LogP contribution in [0.1, 0.15) is 53.3 Å². The summed E-state index contributed by atoms with van der Waals surface area (Å²) in [6.07, 6.45) is 5.74. The maximum atomic E-state index is 12.8. The van der Waals surface area contributed by atoms with Crippen LogP contribution in [-0.4, -0.2) is 27.8 Å². The number of H-pyrrole nitrogens is 1. The van der Waals surface area contributed by atoms with Crippen LogP contribution in [0.25, 0.3) is 22.4 Å². The van der Waals surface area contributed by atoms with E-state index in [1.54, 1.807) is 36.4 Å². The molecule has 3 aromatic carbocycles. The molecule has 5 rings (SSSR count). The van der Waals surface area contributed by atoms with Crippen molar-refractivity contribution in [3.63, 3.8) is 0 Å². The normalized spacial score (nSPS) is 17.2. The topological polar surface area (TPSA) is 96.1 Å². The zero-order valence-corrected chi connectivity index (χ0v) is 20.8. The molecule has 1 aromatic heterocycles. The number of fused-ring (bicyclic) bond motifs is 1. The van der Waals surface area contributed by atoms with Crippen molar-refractivity contribution in [2.24, 2.45) is 5.92 Å². The van der Waals surface area contributed by atoms with Crippen molar-refractivity contribution in [1.82, 2.24) is 15.3 Å². The van der Waals surface area contributed by atoms with Crippen LogP contribution >= 0.6 is 0 Å². The van der Waals surface area contributed by atoms with E-state index in [9.17, 15) is 9.59 Å². The van der Waals surface area contributed by atoms with Crippen molar-refractivity contribution in [2.45, 2.75) is 38.6 Å². The van der Waals surface area contributed by atoms with Gasteiger partial charge in [0.25, 0.3) is 11.8 Å². The average molecular weight is 495 g/mol. The summed E-state index contributed by atoms with van der Waals surface area (Å²) in [4.78, 5) is 33.4. The Morgan fingerprint density at radius 1 is 0.946 bits per heavy atom. The Hall–Kier alpha value is -4.39. The second-order valence-corrected chi connectivity index (χ2v) is 9.59. The largest absolute Gasteiger partial charge is 0.466 e. The zero-order valence-electron chi connectivity index (χ0n) is 20.8. The number of nitrogens with one attached hydrogen (secondary N) is 3. The fraction of sp³-hybridized carbons (Fsp3) is 0.233. The van der Waals surface area contributed by atoms with Gasteiger partial charge in [0.05, 0.1) is 17.3 Å². The minimum atomic E-state index is -0.211. The molecule has 0 atom stereocenters. The fourth-order valence-corrected chi connectivity index (χ4v) is 4.66. The highest BCUT2D eigenvalue weighted by Crippen LogP contribution is 2.25. The maximum absolute atomic E-state index is 12.8. The predicted octanol–water partition coefficient (Wildman–Crippen LogP) is 6.31. The molecule has 7 heteroatoms. The van der Waals surface area contributed by atoms with Crippen molar-refractivity contribution in [2.75, 3.05) is 5.32 Å². The lowest BCUT2D eigenvalue weighted by molar-refractivity contribution is 0.0922.